The van der Waals surface area contributed by atoms with E-state index in [9.17, 15) is 4.79 Å². The van der Waals surface area contributed by atoms with E-state index in [2.05, 4.69) is 28.6 Å². The van der Waals surface area contributed by atoms with Crippen LogP contribution in [0.3, 0.4) is 0 Å². The number of aryl methyl sites for hydroxylation is 1. The van der Waals surface area contributed by atoms with E-state index in [-0.39, 0.29) is 36.1 Å². The Labute approximate surface area is 166 Å². The maximum atomic E-state index is 12.0. The summed E-state index contributed by atoms with van der Waals surface area (Å²) in [5, 5.41) is 7.62. The third-order valence-electron chi connectivity index (χ3n) is 4.66. The number of benzene rings is 1. The molecule has 1 amide bonds. The maximum absolute atomic E-state index is 12.0. The van der Waals surface area contributed by atoms with Crippen molar-refractivity contribution in [1.29, 1.82) is 0 Å². The fourth-order valence-corrected chi connectivity index (χ4v) is 4.04. The van der Waals surface area contributed by atoms with Gasteiger partial charge in [-0.2, -0.15) is 0 Å². The molecule has 0 saturated carbocycles. The van der Waals surface area contributed by atoms with Crippen LogP contribution in [-0.4, -0.2) is 30.5 Å². The first-order valence-electron chi connectivity index (χ1n) is 8.47. The van der Waals surface area contributed by atoms with Crippen molar-refractivity contribution >= 4 is 52.3 Å². The van der Waals surface area contributed by atoms with Gasteiger partial charge >= 0.3 is 0 Å². The highest BCUT2D eigenvalue weighted by Crippen LogP contribution is 2.26. The van der Waals surface area contributed by atoms with Crippen LogP contribution < -0.4 is 10.6 Å². The lowest BCUT2D eigenvalue weighted by molar-refractivity contribution is -0.121. The van der Waals surface area contributed by atoms with Gasteiger partial charge in [-0.05, 0) is 56.3 Å². The van der Waals surface area contributed by atoms with Crippen LogP contribution in [0.2, 0.25) is 0 Å². The number of carbonyl (C=O) groups excluding carboxylic acids is 1. The van der Waals surface area contributed by atoms with E-state index in [1.54, 1.807) is 11.3 Å². The molecule has 140 valence electrons. The molecule has 2 N–H and O–H groups in total. The molecule has 2 aromatic rings. The lowest BCUT2D eigenvalue weighted by Gasteiger charge is -2.34. The molecule has 1 aliphatic heterocycles. The average Bonchev–Trinajstić information content (AvgIpc) is 2.96. The molecule has 1 fully saturated rings. The van der Waals surface area contributed by atoms with E-state index < -0.39 is 0 Å². The van der Waals surface area contributed by atoms with Crippen molar-refractivity contribution in [1.82, 2.24) is 15.6 Å². The first-order chi connectivity index (χ1) is 11.1. The van der Waals surface area contributed by atoms with Gasteiger partial charge in [-0.25, -0.2) is 4.98 Å². The predicted octanol–water partition coefficient (Wildman–Crippen LogP) is 3.97. The Bertz CT molecular complexity index is 638. The molecule has 0 radical (unpaired) electrons. The summed E-state index contributed by atoms with van der Waals surface area (Å²) in [6.45, 7) is 5.19. The largest absolute Gasteiger partial charge is 0.356 e. The van der Waals surface area contributed by atoms with E-state index in [0.29, 0.717) is 6.42 Å². The number of carbonyl (C=O) groups is 1. The van der Waals surface area contributed by atoms with Crippen molar-refractivity contribution < 1.29 is 4.79 Å². The van der Waals surface area contributed by atoms with Crippen LogP contribution in [-0.2, 0) is 11.2 Å². The molecule has 25 heavy (non-hydrogen) atoms. The summed E-state index contributed by atoms with van der Waals surface area (Å²) in [7, 11) is 0. The van der Waals surface area contributed by atoms with Gasteiger partial charge in [-0.1, -0.05) is 19.1 Å². The molecule has 1 saturated heterocycles. The van der Waals surface area contributed by atoms with Crippen molar-refractivity contribution in [3.63, 3.8) is 0 Å². The minimum atomic E-state index is 0. The van der Waals surface area contributed by atoms with E-state index in [1.807, 2.05) is 18.2 Å². The summed E-state index contributed by atoms with van der Waals surface area (Å²) in [6.07, 6.45) is 4.61. The van der Waals surface area contributed by atoms with Crippen molar-refractivity contribution in [2.45, 2.75) is 39.0 Å². The second-order valence-corrected chi connectivity index (χ2v) is 7.88. The number of aromatic nitrogens is 1. The van der Waals surface area contributed by atoms with Crippen LogP contribution in [0, 0.1) is 5.41 Å². The van der Waals surface area contributed by atoms with Gasteiger partial charge in [-0.15, -0.1) is 36.2 Å². The van der Waals surface area contributed by atoms with Gasteiger partial charge in [0.15, 0.2) is 0 Å². The number of hydrogen-bond donors (Lipinski definition) is 2. The Morgan fingerprint density at radius 3 is 2.72 bits per heavy atom. The van der Waals surface area contributed by atoms with E-state index in [4.69, 9.17) is 0 Å². The van der Waals surface area contributed by atoms with Crippen LogP contribution in [0.1, 0.15) is 37.6 Å². The van der Waals surface area contributed by atoms with E-state index in [1.165, 1.54) is 4.70 Å². The number of amides is 1. The molecule has 0 aliphatic carbocycles. The van der Waals surface area contributed by atoms with Gasteiger partial charge in [-0.3, -0.25) is 4.79 Å². The molecule has 1 aromatic carbocycles. The normalized spacial score (nSPS) is 15.9. The average molecular weight is 404 g/mol. The van der Waals surface area contributed by atoms with E-state index in [0.717, 1.165) is 55.8 Å². The molecule has 0 unspecified atom stereocenters. The first kappa shape index (κ1) is 22.2. The Balaban J connectivity index is 0.00000156. The molecule has 2 heterocycles. The zero-order valence-corrected chi connectivity index (χ0v) is 17.0. The second kappa shape index (κ2) is 10.3. The molecule has 0 bridgehead atoms. The third-order valence-corrected chi connectivity index (χ3v) is 5.75. The quantitative estimate of drug-likeness (QED) is 0.766. The fraction of sp³-hybridized carbons (Fsp3) is 0.556. The zero-order valence-electron chi connectivity index (χ0n) is 14.5. The molecular weight excluding hydrogens is 377 g/mol. The molecule has 0 atom stereocenters. The molecule has 3 rings (SSSR count). The topological polar surface area (TPSA) is 54.0 Å². The number of hydrogen-bond acceptors (Lipinski definition) is 4. The summed E-state index contributed by atoms with van der Waals surface area (Å²) in [6, 6.07) is 8.20. The van der Waals surface area contributed by atoms with Crippen LogP contribution in [0.25, 0.3) is 10.2 Å². The van der Waals surface area contributed by atoms with Crippen molar-refractivity contribution in [2.24, 2.45) is 5.41 Å². The van der Waals surface area contributed by atoms with Gasteiger partial charge in [0.2, 0.25) is 5.91 Å². The van der Waals surface area contributed by atoms with Gasteiger partial charge in [0, 0.05) is 13.0 Å². The van der Waals surface area contributed by atoms with Crippen molar-refractivity contribution in [2.75, 3.05) is 19.6 Å². The highest BCUT2D eigenvalue weighted by Gasteiger charge is 2.26. The summed E-state index contributed by atoms with van der Waals surface area (Å²) in [5.41, 5.74) is 1.32. The number of nitrogens with one attached hydrogen (secondary N) is 2. The maximum Gasteiger partial charge on any atom is 0.220 e. The van der Waals surface area contributed by atoms with Gasteiger partial charge in [0.1, 0.15) is 0 Å². The van der Waals surface area contributed by atoms with Crippen molar-refractivity contribution in [3.8, 4) is 0 Å². The Hall–Kier alpha value is -0.880. The summed E-state index contributed by atoms with van der Waals surface area (Å²) < 4.78 is 1.23. The minimum Gasteiger partial charge on any atom is -0.356 e. The van der Waals surface area contributed by atoms with Gasteiger partial charge in [0.25, 0.3) is 0 Å². The van der Waals surface area contributed by atoms with Gasteiger partial charge in [0.05, 0.1) is 15.2 Å². The van der Waals surface area contributed by atoms with Gasteiger partial charge < -0.3 is 10.6 Å². The molecule has 0 spiro atoms. The zero-order chi connectivity index (χ0) is 16.1. The highest BCUT2D eigenvalue weighted by atomic mass is 35.5. The molecule has 7 heteroatoms. The van der Waals surface area contributed by atoms with E-state index >= 15 is 0 Å². The third kappa shape index (κ3) is 6.41. The number of halogens is 2. The number of thiazole rings is 1. The lowest BCUT2D eigenvalue weighted by atomic mass is 9.81. The number of fused-ring (bicyclic) bond motifs is 1. The van der Waals surface area contributed by atoms with Crippen LogP contribution in [0.15, 0.2) is 24.3 Å². The first-order valence-corrected chi connectivity index (χ1v) is 9.28. The molecule has 1 aromatic heterocycles. The van der Waals surface area contributed by atoms with Crippen LogP contribution >= 0.6 is 36.2 Å². The van der Waals surface area contributed by atoms with Crippen molar-refractivity contribution in [3.05, 3.63) is 29.3 Å². The summed E-state index contributed by atoms with van der Waals surface area (Å²) >= 11 is 1.73. The SMILES string of the molecule is CC1(CNC(=O)CCCc2nc3ccccc3s2)CCNCC1.Cl.Cl. The summed E-state index contributed by atoms with van der Waals surface area (Å²) in [5.74, 6) is 0.172. The lowest BCUT2D eigenvalue weighted by Crippen LogP contribution is -2.42. The monoisotopic (exact) mass is 403 g/mol. The Morgan fingerprint density at radius 1 is 1.28 bits per heavy atom. The Morgan fingerprint density at radius 2 is 2.00 bits per heavy atom. The fourth-order valence-electron chi connectivity index (χ4n) is 3.03. The van der Waals surface area contributed by atoms with Crippen LogP contribution in [0.4, 0.5) is 0 Å². The number of para-hydroxylation sites is 1. The number of piperidine rings is 1. The molecular formula is C18H27Cl2N3OS. The minimum absolute atomic E-state index is 0. The van der Waals surface area contributed by atoms with Crippen LogP contribution in [0.5, 0.6) is 0 Å². The summed E-state index contributed by atoms with van der Waals surface area (Å²) in [4.78, 5) is 16.7. The highest BCUT2D eigenvalue weighted by molar-refractivity contribution is 7.18. The standard InChI is InChI=1S/C18H25N3OS.2ClH/c1-18(9-11-19-12-10-18)13-20-16(22)7-4-8-17-21-14-5-2-3-6-15(14)23-17;;/h2-3,5-6,19H,4,7-13H2,1H3,(H,20,22);2*1H. The number of rotatable bonds is 6. The smallest absolute Gasteiger partial charge is 0.220 e. The predicted molar refractivity (Wildman–Crippen MR) is 110 cm³/mol. The second-order valence-electron chi connectivity index (χ2n) is 6.77. The molecule has 1 aliphatic rings. The Kier molecular flexibility index (Phi) is 9.14. The number of nitrogens with zero attached hydrogens (tertiary/aromatic N) is 1. The molecule has 4 nitrogen and oxygen atoms in total.